The van der Waals surface area contributed by atoms with Crippen molar-refractivity contribution in [2.45, 2.75) is 0 Å². The van der Waals surface area contributed by atoms with E-state index >= 15 is 0 Å². The van der Waals surface area contributed by atoms with Gasteiger partial charge >= 0.3 is 0 Å². The molecule has 0 aliphatic rings. The van der Waals surface area contributed by atoms with Crippen LogP contribution >= 0.6 is 0 Å². The third-order valence-electron chi connectivity index (χ3n) is 1.08. The van der Waals surface area contributed by atoms with Crippen LogP contribution in [-0.2, 0) is 0 Å². The van der Waals surface area contributed by atoms with Crippen LogP contribution in [0.3, 0.4) is 0 Å². The zero-order valence-corrected chi connectivity index (χ0v) is 5.07. The van der Waals surface area contributed by atoms with Crippen molar-refractivity contribution >= 4 is 5.69 Å². The van der Waals surface area contributed by atoms with Crippen LogP contribution in [0.25, 0.3) is 4.85 Å². The quantitative estimate of drug-likeness (QED) is 0.531. The molecule has 0 radical (unpaired) electrons. The highest BCUT2D eigenvalue weighted by atomic mass is 16.3. The standard InChI is InChI=1S/C7H5NO2/c1-8-6-3-2-5(9)4-7(6)10/h2-4,9-10H. The lowest BCUT2D eigenvalue weighted by atomic mass is 10.3. The number of phenols is 2. The van der Waals surface area contributed by atoms with Crippen LogP contribution in [0.4, 0.5) is 5.69 Å². The Kier molecular flexibility index (Phi) is 1.46. The summed E-state index contributed by atoms with van der Waals surface area (Å²) in [7, 11) is 0. The number of nitrogens with zero attached hydrogens (tertiary/aromatic N) is 1. The molecule has 0 aliphatic heterocycles. The van der Waals surface area contributed by atoms with E-state index in [2.05, 4.69) is 4.85 Å². The Bertz CT molecular complexity index is 288. The molecule has 1 aromatic rings. The minimum atomic E-state index is -0.185. The van der Waals surface area contributed by atoms with E-state index in [-0.39, 0.29) is 17.2 Å². The molecule has 0 spiro atoms. The number of aromatic hydroxyl groups is 2. The van der Waals surface area contributed by atoms with Crippen molar-refractivity contribution < 1.29 is 10.2 Å². The molecular weight excluding hydrogens is 130 g/mol. The van der Waals surface area contributed by atoms with Gasteiger partial charge in [-0.15, -0.1) is 0 Å². The predicted octanol–water partition coefficient (Wildman–Crippen LogP) is 1.65. The Balaban J connectivity index is 3.23. The fourth-order valence-electron chi connectivity index (χ4n) is 0.606. The summed E-state index contributed by atoms with van der Waals surface area (Å²) in [5.74, 6) is -0.222. The maximum atomic E-state index is 8.92. The molecule has 0 aromatic heterocycles. The molecule has 0 atom stereocenters. The van der Waals surface area contributed by atoms with Crippen LogP contribution in [0.5, 0.6) is 11.5 Å². The van der Waals surface area contributed by atoms with Gasteiger partial charge < -0.3 is 10.2 Å². The summed E-state index contributed by atoms with van der Waals surface area (Å²) in [6.07, 6.45) is 0. The molecule has 1 rings (SSSR count). The number of phenolic OH excluding ortho intramolecular Hbond substituents is 2. The molecule has 0 heterocycles. The summed E-state index contributed by atoms with van der Waals surface area (Å²) in [5, 5.41) is 17.7. The molecule has 50 valence electrons. The largest absolute Gasteiger partial charge is 0.519 e. The van der Waals surface area contributed by atoms with Crippen molar-refractivity contribution in [3.63, 3.8) is 0 Å². The Labute approximate surface area is 58.0 Å². The highest BCUT2D eigenvalue weighted by Gasteiger charge is 1.98. The summed E-state index contributed by atoms with van der Waals surface area (Å²) in [6, 6.07) is 3.85. The van der Waals surface area contributed by atoms with Gasteiger partial charge in [-0.05, 0) is 12.1 Å². The minimum Gasteiger partial charge on any atom is -0.519 e. The lowest BCUT2D eigenvalue weighted by Crippen LogP contribution is -1.65. The van der Waals surface area contributed by atoms with E-state index in [1.165, 1.54) is 12.1 Å². The van der Waals surface area contributed by atoms with Gasteiger partial charge in [0, 0.05) is 6.07 Å². The molecule has 1 aromatic carbocycles. The van der Waals surface area contributed by atoms with Crippen molar-refractivity contribution in [3.05, 3.63) is 29.6 Å². The number of hydrogen-bond acceptors (Lipinski definition) is 2. The Morgan fingerprint density at radius 3 is 2.50 bits per heavy atom. The van der Waals surface area contributed by atoms with E-state index in [0.717, 1.165) is 6.07 Å². The van der Waals surface area contributed by atoms with Crippen molar-refractivity contribution in [2.24, 2.45) is 0 Å². The molecular formula is C7H5NO2. The summed E-state index contributed by atoms with van der Waals surface area (Å²) in [5.41, 5.74) is 0.151. The van der Waals surface area contributed by atoms with E-state index in [1.54, 1.807) is 0 Å². The minimum absolute atomic E-state index is 0.0371. The number of hydrogen-bond donors (Lipinski definition) is 2. The average molecular weight is 135 g/mol. The molecule has 0 aliphatic carbocycles. The molecule has 0 fully saturated rings. The Morgan fingerprint density at radius 2 is 2.00 bits per heavy atom. The molecule has 3 nitrogen and oxygen atoms in total. The fourth-order valence-corrected chi connectivity index (χ4v) is 0.606. The van der Waals surface area contributed by atoms with E-state index in [4.69, 9.17) is 16.8 Å². The molecule has 0 bridgehead atoms. The molecule has 10 heavy (non-hydrogen) atoms. The first kappa shape index (κ1) is 6.43. The van der Waals surface area contributed by atoms with Gasteiger partial charge in [-0.25, -0.2) is 4.85 Å². The highest BCUT2D eigenvalue weighted by Crippen LogP contribution is 2.29. The molecule has 0 saturated carbocycles. The summed E-state index contributed by atoms with van der Waals surface area (Å²) < 4.78 is 0. The molecule has 2 N–H and O–H groups in total. The highest BCUT2D eigenvalue weighted by molar-refractivity contribution is 5.58. The molecule has 0 amide bonds. The number of rotatable bonds is 0. The Morgan fingerprint density at radius 1 is 1.30 bits per heavy atom. The number of benzene rings is 1. The first-order valence-electron chi connectivity index (χ1n) is 2.63. The van der Waals surface area contributed by atoms with Crippen LogP contribution in [0, 0.1) is 6.57 Å². The Hall–Kier alpha value is -1.69. The van der Waals surface area contributed by atoms with Gasteiger partial charge in [-0.2, -0.15) is 0 Å². The van der Waals surface area contributed by atoms with Crippen LogP contribution in [-0.4, -0.2) is 10.2 Å². The monoisotopic (exact) mass is 135 g/mol. The van der Waals surface area contributed by atoms with Gasteiger partial charge in [-0.1, -0.05) is 0 Å². The lowest BCUT2D eigenvalue weighted by molar-refractivity contribution is 0.452. The fraction of sp³-hybridized carbons (Fsp3) is 0. The molecule has 0 saturated heterocycles. The second-order valence-electron chi connectivity index (χ2n) is 1.78. The molecule has 3 heteroatoms. The first-order valence-corrected chi connectivity index (χ1v) is 2.63. The van der Waals surface area contributed by atoms with Gasteiger partial charge in [0.25, 0.3) is 0 Å². The average Bonchev–Trinajstić information content (AvgIpc) is 1.88. The van der Waals surface area contributed by atoms with Gasteiger partial charge in [0.15, 0.2) is 0 Å². The van der Waals surface area contributed by atoms with E-state index < -0.39 is 0 Å². The second kappa shape index (κ2) is 2.28. The van der Waals surface area contributed by atoms with E-state index in [0.29, 0.717) is 0 Å². The maximum absolute atomic E-state index is 8.92. The summed E-state index contributed by atoms with van der Waals surface area (Å²) in [4.78, 5) is 3.00. The second-order valence-corrected chi connectivity index (χ2v) is 1.78. The van der Waals surface area contributed by atoms with Gasteiger partial charge in [0.2, 0.25) is 5.69 Å². The first-order chi connectivity index (χ1) is 4.74. The van der Waals surface area contributed by atoms with Crippen molar-refractivity contribution in [2.75, 3.05) is 0 Å². The zero-order chi connectivity index (χ0) is 7.56. The normalized spacial score (nSPS) is 8.70. The zero-order valence-electron chi connectivity index (χ0n) is 5.07. The summed E-state index contributed by atoms with van der Waals surface area (Å²) >= 11 is 0. The summed E-state index contributed by atoms with van der Waals surface area (Å²) in [6.45, 7) is 6.54. The maximum Gasteiger partial charge on any atom is 0.228 e. The lowest BCUT2D eigenvalue weighted by Gasteiger charge is -1.94. The van der Waals surface area contributed by atoms with Crippen molar-refractivity contribution in [3.8, 4) is 11.5 Å². The van der Waals surface area contributed by atoms with Crippen LogP contribution in [0.2, 0.25) is 0 Å². The van der Waals surface area contributed by atoms with Crippen LogP contribution in [0.1, 0.15) is 0 Å². The predicted molar refractivity (Wildman–Crippen MR) is 36.0 cm³/mol. The van der Waals surface area contributed by atoms with Crippen LogP contribution in [0.15, 0.2) is 18.2 Å². The third kappa shape index (κ3) is 1.00. The van der Waals surface area contributed by atoms with E-state index in [9.17, 15) is 0 Å². The van der Waals surface area contributed by atoms with Gasteiger partial charge in [-0.3, -0.25) is 0 Å². The van der Waals surface area contributed by atoms with Crippen molar-refractivity contribution in [1.29, 1.82) is 0 Å². The van der Waals surface area contributed by atoms with E-state index in [1.807, 2.05) is 0 Å². The smallest absolute Gasteiger partial charge is 0.228 e. The third-order valence-corrected chi connectivity index (χ3v) is 1.08. The van der Waals surface area contributed by atoms with Gasteiger partial charge in [0.1, 0.15) is 11.5 Å². The van der Waals surface area contributed by atoms with Crippen LogP contribution < -0.4 is 0 Å². The molecule has 0 unspecified atom stereocenters. The van der Waals surface area contributed by atoms with Crippen molar-refractivity contribution in [1.82, 2.24) is 0 Å². The topological polar surface area (TPSA) is 44.8 Å². The van der Waals surface area contributed by atoms with Gasteiger partial charge in [0.05, 0.1) is 6.57 Å². The SMILES string of the molecule is [C-]#[N+]c1ccc(O)cc1O.